The van der Waals surface area contributed by atoms with Crippen molar-refractivity contribution < 1.29 is 4.79 Å². The van der Waals surface area contributed by atoms with Crippen molar-refractivity contribution in [1.29, 1.82) is 10.5 Å². The predicted octanol–water partition coefficient (Wildman–Crippen LogP) is 4.95. The third-order valence-corrected chi connectivity index (χ3v) is 7.19. The fraction of sp³-hybridized carbons (Fsp3) is 0.182. The standard InChI is InChI=1S/C33H29N7O2/c1-24-30(33(42)40(37(24)2)28-13-7-4-8-14-28)39-31(26-11-5-3-6-12-26)36-29(32(39)41)23-25-15-17-27(18-16-25)38(21-9-19-34)22-10-20-35/h3-8,11-18,23H,9-10,21-22H2,1-2H3/b29-23-. The summed E-state index contributed by atoms with van der Waals surface area (Å²) in [5.41, 5.74) is 3.81. The Hall–Kier alpha value is -5.67. The van der Waals surface area contributed by atoms with Crippen LogP contribution in [0.5, 0.6) is 0 Å². The summed E-state index contributed by atoms with van der Waals surface area (Å²) in [5.74, 6) is -0.0118. The summed E-state index contributed by atoms with van der Waals surface area (Å²) in [6.45, 7) is 2.86. The molecule has 1 aliphatic heterocycles. The van der Waals surface area contributed by atoms with E-state index >= 15 is 0 Å². The third kappa shape index (κ3) is 5.36. The highest BCUT2D eigenvalue weighted by atomic mass is 16.2. The van der Waals surface area contributed by atoms with E-state index in [0.717, 1.165) is 11.3 Å². The maximum Gasteiger partial charge on any atom is 0.296 e. The van der Waals surface area contributed by atoms with Crippen LogP contribution in [0.4, 0.5) is 11.4 Å². The lowest BCUT2D eigenvalue weighted by atomic mass is 10.1. The first kappa shape index (κ1) is 27.9. The van der Waals surface area contributed by atoms with E-state index in [1.807, 2.05) is 96.8 Å². The molecule has 0 N–H and O–H groups in total. The predicted molar refractivity (Wildman–Crippen MR) is 163 cm³/mol. The van der Waals surface area contributed by atoms with E-state index in [0.29, 0.717) is 48.7 Å². The number of nitrogens with zero attached hydrogens (tertiary/aromatic N) is 7. The van der Waals surface area contributed by atoms with Gasteiger partial charge < -0.3 is 4.90 Å². The van der Waals surface area contributed by atoms with Crippen molar-refractivity contribution in [3.05, 3.63) is 118 Å². The van der Waals surface area contributed by atoms with Gasteiger partial charge in [0.15, 0.2) is 0 Å². The van der Waals surface area contributed by atoms with E-state index in [2.05, 4.69) is 12.1 Å². The van der Waals surface area contributed by atoms with Gasteiger partial charge in [-0.2, -0.15) is 10.5 Å². The van der Waals surface area contributed by atoms with Crippen molar-refractivity contribution in [2.24, 2.45) is 12.0 Å². The topological polar surface area (TPSA) is 110 Å². The molecule has 0 fully saturated rings. The largest absolute Gasteiger partial charge is 0.369 e. The van der Waals surface area contributed by atoms with E-state index in [1.165, 1.54) is 4.90 Å². The van der Waals surface area contributed by atoms with Gasteiger partial charge in [-0.15, -0.1) is 0 Å². The minimum absolute atomic E-state index is 0.210. The quantitative estimate of drug-likeness (QED) is 0.271. The minimum atomic E-state index is -0.395. The lowest BCUT2D eigenvalue weighted by molar-refractivity contribution is -0.113. The second kappa shape index (κ2) is 12.2. The van der Waals surface area contributed by atoms with Gasteiger partial charge in [0.2, 0.25) is 0 Å². The molecule has 5 rings (SSSR count). The van der Waals surface area contributed by atoms with Crippen molar-refractivity contribution in [1.82, 2.24) is 9.36 Å². The van der Waals surface area contributed by atoms with E-state index in [1.54, 1.807) is 22.5 Å². The molecule has 42 heavy (non-hydrogen) atoms. The van der Waals surface area contributed by atoms with Crippen LogP contribution in [0.25, 0.3) is 11.8 Å². The van der Waals surface area contributed by atoms with Crippen LogP contribution in [0.1, 0.15) is 29.7 Å². The van der Waals surface area contributed by atoms with Gasteiger partial charge in [-0.1, -0.05) is 60.7 Å². The molecule has 9 nitrogen and oxygen atoms in total. The fourth-order valence-corrected chi connectivity index (χ4v) is 5.00. The summed E-state index contributed by atoms with van der Waals surface area (Å²) in [7, 11) is 1.79. The van der Waals surface area contributed by atoms with Crippen LogP contribution >= 0.6 is 0 Å². The van der Waals surface area contributed by atoms with E-state index in [9.17, 15) is 9.59 Å². The first-order chi connectivity index (χ1) is 20.4. The molecule has 0 bridgehead atoms. The van der Waals surface area contributed by atoms with Gasteiger partial charge in [0.05, 0.1) is 36.4 Å². The van der Waals surface area contributed by atoms with E-state index in [4.69, 9.17) is 15.5 Å². The smallest absolute Gasteiger partial charge is 0.296 e. The maximum atomic E-state index is 14.0. The van der Waals surface area contributed by atoms with Crippen molar-refractivity contribution in [2.45, 2.75) is 19.8 Å². The number of anilines is 2. The molecule has 3 aromatic carbocycles. The zero-order chi connectivity index (χ0) is 29.6. The van der Waals surface area contributed by atoms with Crippen LogP contribution in [0.3, 0.4) is 0 Å². The molecule has 1 aliphatic rings. The summed E-state index contributed by atoms with van der Waals surface area (Å²) < 4.78 is 3.29. The number of aromatic nitrogens is 2. The van der Waals surface area contributed by atoms with Crippen molar-refractivity contribution in [3.8, 4) is 17.8 Å². The second-order valence-corrected chi connectivity index (χ2v) is 9.78. The Morgan fingerprint density at radius 3 is 2.05 bits per heavy atom. The number of aliphatic imine (C=N–C) groups is 1. The van der Waals surface area contributed by atoms with Gasteiger partial charge in [-0.3, -0.25) is 19.2 Å². The van der Waals surface area contributed by atoms with Crippen molar-refractivity contribution >= 4 is 29.2 Å². The molecular formula is C33H29N7O2. The molecule has 0 saturated heterocycles. The Balaban J connectivity index is 1.55. The molecule has 9 heteroatoms. The monoisotopic (exact) mass is 555 g/mol. The van der Waals surface area contributed by atoms with Crippen LogP contribution in [0.15, 0.2) is 100 Å². The molecular weight excluding hydrogens is 526 g/mol. The van der Waals surface area contributed by atoms with Gasteiger partial charge in [0, 0.05) is 31.4 Å². The molecule has 0 spiro atoms. The maximum absolute atomic E-state index is 14.0. The number of rotatable bonds is 9. The zero-order valence-electron chi connectivity index (χ0n) is 23.4. The van der Waals surface area contributed by atoms with E-state index in [-0.39, 0.29) is 16.9 Å². The number of carbonyl (C=O) groups is 1. The molecule has 0 aliphatic carbocycles. The molecule has 0 unspecified atom stereocenters. The molecule has 0 atom stereocenters. The SMILES string of the molecule is Cc1c(N2C(=O)/C(=C/c3ccc(N(CCC#N)CCC#N)cc3)N=C2c2ccccc2)c(=O)n(-c2ccccc2)n1C. The molecule has 2 heterocycles. The Bertz CT molecular complexity index is 1780. The van der Waals surface area contributed by atoms with Gasteiger partial charge in [0.25, 0.3) is 11.5 Å². The summed E-state index contributed by atoms with van der Waals surface area (Å²) in [4.78, 5) is 36.0. The number of hydrogen-bond donors (Lipinski definition) is 0. The normalized spacial score (nSPS) is 13.6. The molecule has 1 aromatic heterocycles. The number of para-hydroxylation sites is 1. The highest BCUT2D eigenvalue weighted by Crippen LogP contribution is 2.29. The number of amides is 1. The molecule has 4 aromatic rings. The summed E-state index contributed by atoms with van der Waals surface area (Å²) >= 11 is 0. The Morgan fingerprint density at radius 2 is 1.45 bits per heavy atom. The van der Waals surface area contributed by atoms with Gasteiger partial charge >= 0.3 is 0 Å². The van der Waals surface area contributed by atoms with E-state index < -0.39 is 5.91 Å². The van der Waals surface area contributed by atoms with Crippen LogP contribution in [-0.4, -0.2) is 34.2 Å². The molecule has 208 valence electrons. The number of nitriles is 2. The summed E-state index contributed by atoms with van der Waals surface area (Å²) in [6.07, 6.45) is 2.41. The average Bonchev–Trinajstić information content (AvgIpc) is 3.45. The molecule has 1 amide bonds. The summed E-state index contributed by atoms with van der Waals surface area (Å²) in [5, 5.41) is 18.0. The Morgan fingerprint density at radius 1 is 0.857 bits per heavy atom. The van der Waals surface area contributed by atoms with Gasteiger partial charge in [-0.05, 0) is 42.8 Å². The zero-order valence-corrected chi connectivity index (χ0v) is 23.4. The number of hydrogen-bond acceptors (Lipinski definition) is 6. The molecule has 0 radical (unpaired) electrons. The first-order valence-electron chi connectivity index (χ1n) is 13.6. The number of amidine groups is 1. The van der Waals surface area contributed by atoms with Crippen LogP contribution < -0.4 is 15.4 Å². The second-order valence-electron chi connectivity index (χ2n) is 9.78. The number of benzene rings is 3. The first-order valence-corrected chi connectivity index (χ1v) is 13.6. The number of carbonyl (C=O) groups excluding carboxylic acids is 1. The van der Waals surface area contributed by atoms with Crippen molar-refractivity contribution in [3.63, 3.8) is 0 Å². The van der Waals surface area contributed by atoms with Crippen LogP contribution in [0.2, 0.25) is 0 Å². The van der Waals surface area contributed by atoms with Crippen LogP contribution in [-0.2, 0) is 11.8 Å². The van der Waals surface area contributed by atoms with Crippen molar-refractivity contribution in [2.75, 3.05) is 22.9 Å². The van der Waals surface area contributed by atoms with Gasteiger partial charge in [0.1, 0.15) is 17.2 Å². The fourth-order valence-electron chi connectivity index (χ4n) is 5.00. The van der Waals surface area contributed by atoms with Gasteiger partial charge in [-0.25, -0.2) is 9.67 Å². The third-order valence-electron chi connectivity index (χ3n) is 7.19. The highest BCUT2D eigenvalue weighted by molar-refractivity contribution is 6.33. The lowest BCUT2D eigenvalue weighted by Crippen LogP contribution is -2.36. The Labute approximate surface area is 244 Å². The molecule has 0 saturated carbocycles. The van der Waals surface area contributed by atoms with Crippen LogP contribution in [0, 0.1) is 29.6 Å². The highest BCUT2D eigenvalue weighted by Gasteiger charge is 2.37. The Kier molecular flexibility index (Phi) is 8.12. The average molecular weight is 556 g/mol. The summed E-state index contributed by atoms with van der Waals surface area (Å²) in [6, 6.07) is 30.5. The minimum Gasteiger partial charge on any atom is -0.369 e. The lowest BCUT2D eigenvalue weighted by Gasteiger charge is -2.22.